The monoisotopic (exact) mass is 293 g/mol. The van der Waals surface area contributed by atoms with E-state index in [4.69, 9.17) is 4.74 Å². The second kappa shape index (κ2) is 9.85. The summed E-state index contributed by atoms with van der Waals surface area (Å²) in [7, 11) is 1.73. The van der Waals surface area contributed by atoms with Crippen molar-refractivity contribution >= 4 is 0 Å². The third-order valence-corrected chi connectivity index (χ3v) is 3.75. The number of nitrogens with zero attached hydrogens (tertiary/aromatic N) is 2. The highest BCUT2D eigenvalue weighted by molar-refractivity contribution is 5.25. The van der Waals surface area contributed by atoms with E-state index < -0.39 is 0 Å². The molecule has 4 nitrogen and oxygen atoms in total. The lowest BCUT2D eigenvalue weighted by Crippen LogP contribution is -2.26. The number of rotatable bonds is 10. The summed E-state index contributed by atoms with van der Waals surface area (Å²) in [5.41, 5.74) is 3.62. The van der Waals surface area contributed by atoms with Crippen molar-refractivity contribution in [3.8, 4) is 0 Å². The van der Waals surface area contributed by atoms with Crippen LogP contribution < -0.4 is 5.32 Å². The van der Waals surface area contributed by atoms with Crippen molar-refractivity contribution in [1.29, 1.82) is 0 Å². The van der Waals surface area contributed by atoms with Gasteiger partial charge in [0.1, 0.15) is 5.82 Å². The van der Waals surface area contributed by atoms with Gasteiger partial charge in [0.25, 0.3) is 0 Å². The molecule has 1 atom stereocenters. The zero-order chi connectivity index (χ0) is 15.7. The highest BCUT2D eigenvalue weighted by Crippen LogP contribution is 2.16. The molecule has 0 saturated heterocycles. The van der Waals surface area contributed by atoms with Crippen LogP contribution in [0.15, 0.2) is 0 Å². The van der Waals surface area contributed by atoms with Crippen molar-refractivity contribution in [2.45, 2.75) is 53.4 Å². The molecule has 120 valence electrons. The van der Waals surface area contributed by atoms with Gasteiger partial charge < -0.3 is 10.1 Å². The number of ether oxygens (including phenoxy) is 1. The molecule has 0 aromatic carbocycles. The van der Waals surface area contributed by atoms with E-state index in [-0.39, 0.29) is 0 Å². The van der Waals surface area contributed by atoms with Crippen LogP contribution >= 0.6 is 0 Å². The number of aromatic nitrogens is 2. The van der Waals surface area contributed by atoms with Gasteiger partial charge in [-0.2, -0.15) is 0 Å². The van der Waals surface area contributed by atoms with Crippen LogP contribution in [-0.2, 0) is 17.6 Å². The maximum Gasteiger partial charge on any atom is 0.128 e. The molecular formula is C17H31N3O. The Morgan fingerprint density at radius 3 is 2.43 bits per heavy atom. The Bertz CT molecular complexity index is 397. The third-order valence-electron chi connectivity index (χ3n) is 3.75. The summed E-state index contributed by atoms with van der Waals surface area (Å²) in [6.45, 7) is 11.4. The molecular weight excluding hydrogens is 262 g/mol. The van der Waals surface area contributed by atoms with Crippen LogP contribution in [0.1, 0.15) is 49.5 Å². The van der Waals surface area contributed by atoms with Gasteiger partial charge in [0, 0.05) is 31.5 Å². The SMILES string of the molecule is CCCCc1nc(C)c(CC(C)CNCCOC)c(C)n1. The minimum atomic E-state index is 0.573. The summed E-state index contributed by atoms with van der Waals surface area (Å²) >= 11 is 0. The van der Waals surface area contributed by atoms with Gasteiger partial charge in [-0.15, -0.1) is 0 Å². The molecule has 0 aliphatic heterocycles. The molecule has 0 bridgehead atoms. The van der Waals surface area contributed by atoms with Crippen molar-refractivity contribution in [1.82, 2.24) is 15.3 Å². The van der Waals surface area contributed by atoms with Crippen molar-refractivity contribution in [2.24, 2.45) is 5.92 Å². The van der Waals surface area contributed by atoms with E-state index in [1.165, 1.54) is 12.0 Å². The van der Waals surface area contributed by atoms with E-state index in [1.807, 2.05) is 0 Å². The van der Waals surface area contributed by atoms with E-state index in [9.17, 15) is 0 Å². The summed E-state index contributed by atoms with van der Waals surface area (Å²) in [6, 6.07) is 0. The zero-order valence-electron chi connectivity index (χ0n) is 14.3. The standard InChI is InChI=1S/C17H31N3O/c1-6-7-8-17-19-14(3)16(15(4)20-17)11-13(2)12-18-9-10-21-5/h13,18H,6-12H2,1-5H3. The lowest BCUT2D eigenvalue weighted by atomic mass is 9.98. The van der Waals surface area contributed by atoms with Crippen molar-refractivity contribution in [3.63, 3.8) is 0 Å². The van der Waals surface area contributed by atoms with Crippen molar-refractivity contribution < 1.29 is 4.74 Å². The third kappa shape index (κ3) is 6.53. The zero-order valence-corrected chi connectivity index (χ0v) is 14.3. The number of hydrogen-bond donors (Lipinski definition) is 1. The van der Waals surface area contributed by atoms with Crippen molar-refractivity contribution in [3.05, 3.63) is 22.8 Å². The molecule has 0 saturated carbocycles. The van der Waals surface area contributed by atoms with Crippen LogP contribution in [0.5, 0.6) is 0 Å². The molecule has 4 heteroatoms. The first-order valence-electron chi connectivity index (χ1n) is 8.11. The second-order valence-corrected chi connectivity index (χ2v) is 5.90. The first-order valence-corrected chi connectivity index (χ1v) is 8.11. The lowest BCUT2D eigenvalue weighted by molar-refractivity contribution is 0.198. The average molecular weight is 293 g/mol. The fourth-order valence-corrected chi connectivity index (χ4v) is 2.49. The smallest absolute Gasteiger partial charge is 0.128 e. The Kier molecular flexibility index (Phi) is 8.47. The predicted octanol–water partition coefficient (Wildman–Crippen LogP) is 2.85. The summed E-state index contributed by atoms with van der Waals surface area (Å²) in [5, 5.41) is 3.42. The number of hydrogen-bond acceptors (Lipinski definition) is 4. The Balaban J connectivity index is 2.57. The molecule has 0 spiro atoms. The van der Waals surface area contributed by atoms with Crippen LogP contribution in [0, 0.1) is 19.8 Å². The first-order chi connectivity index (χ1) is 10.1. The second-order valence-electron chi connectivity index (χ2n) is 5.90. The van der Waals surface area contributed by atoms with Gasteiger partial charge in [0.15, 0.2) is 0 Å². The fraction of sp³-hybridized carbons (Fsp3) is 0.765. The number of methoxy groups -OCH3 is 1. The van der Waals surface area contributed by atoms with Gasteiger partial charge >= 0.3 is 0 Å². The molecule has 1 aromatic heterocycles. The van der Waals surface area contributed by atoms with E-state index in [1.54, 1.807) is 7.11 Å². The van der Waals surface area contributed by atoms with Gasteiger partial charge in [0.2, 0.25) is 0 Å². The minimum Gasteiger partial charge on any atom is -0.383 e. The highest BCUT2D eigenvalue weighted by Gasteiger charge is 2.12. The van der Waals surface area contributed by atoms with Crippen LogP contribution in [0.25, 0.3) is 0 Å². The van der Waals surface area contributed by atoms with Gasteiger partial charge in [-0.3, -0.25) is 0 Å². The molecule has 1 unspecified atom stereocenters. The fourth-order valence-electron chi connectivity index (χ4n) is 2.49. The lowest BCUT2D eigenvalue weighted by Gasteiger charge is -2.16. The summed E-state index contributed by atoms with van der Waals surface area (Å²) < 4.78 is 5.04. The molecule has 0 aliphatic rings. The molecule has 1 heterocycles. The molecule has 0 aliphatic carbocycles. The van der Waals surface area contributed by atoms with Gasteiger partial charge in [-0.05, 0) is 44.7 Å². The molecule has 21 heavy (non-hydrogen) atoms. The first kappa shape index (κ1) is 18.1. The van der Waals surface area contributed by atoms with Crippen LogP contribution in [0.2, 0.25) is 0 Å². The quantitative estimate of drug-likeness (QED) is 0.674. The summed E-state index contributed by atoms with van der Waals surface area (Å²) in [6.07, 6.45) is 4.38. The minimum absolute atomic E-state index is 0.573. The molecule has 0 radical (unpaired) electrons. The average Bonchev–Trinajstić information content (AvgIpc) is 2.45. The van der Waals surface area contributed by atoms with Crippen molar-refractivity contribution in [2.75, 3.05) is 26.8 Å². The molecule has 1 N–H and O–H groups in total. The molecule has 1 aromatic rings. The van der Waals surface area contributed by atoms with E-state index >= 15 is 0 Å². The predicted molar refractivity (Wildman–Crippen MR) is 87.7 cm³/mol. The Morgan fingerprint density at radius 1 is 1.19 bits per heavy atom. The van der Waals surface area contributed by atoms with Gasteiger partial charge in [-0.25, -0.2) is 9.97 Å². The van der Waals surface area contributed by atoms with E-state index in [0.29, 0.717) is 5.92 Å². The van der Waals surface area contributed by atoms with E-state index in [0.717, 1.165) is 56.2 Å². The molecule has 1 rings (SSSR count). The van der Waals surface area contributed by atoms with Crippen LogP contribution in [0.3, 0.4) is 0 Å². The topological polar surface area (TPSA) is 47.0 Å². The van der Waals surface area contributed by atoms with Gasteiger partial charge in [0.05, 0.1) is 6.61 Å². The van der Waals surface area contributed by atoms with Crippen LogP contribution in [0.4, 0.5) is 0 Å². The summed E-state index contributed by atoms with van der Waals surface area (Å²) in [5.74, 6) is 1.57. The normalized spacial score (nSPS) is 12.6. The highest BCUT2D eigenvalue weighted by atomic mass is 16.5. The Labute approximate surface area is 129 Å². The van der Waals surface area contributed by atoms with E-state index in [2.05, 4.69) is 43.0 Å². The largest absolute Gasteiger partial charge is 0.383 e. The Hall–Kier alpha value is -1.00. The maximum absolute atomic E-state index is 5.04. The number of unbranched alkanes of at least 4 members (excludes halogenated alkanes) is 1. The molecule has 0 fully saturated rings. The number of aryl methyl sites for hydroxylation is 3. The van der Waals surface area contributed by atoms with Crippen LogP contribution in [-0.4, -0.2) is 36.8 Å². The molecule has 0 amide bonds. The maximum atomic E-state index is 5.04. The van der Waals surface area contributed by atoms with Gasteiger partial charge in [-0.1, -0.05) is 20.3 Å². The summed E-state index contributed by atoms with van der Waals surface area (Å²) in [4.78, 5) is 9.37. The Morgan fingerprint density at radius 2 is 1.86 bits per heavy atom. The number of nitrogens with one attached hydrogen (secondary N) is 1.